The van der Waals surface area contributed by atoms with Crippen LogP contribution in [0.2, 0.25) is 0 Å². The van der Waals surface area contributed by atoms with Crippen LogP contribution in [0.3, 0.4) is 0 Å². The number of nitrogens with zero attached hydrogens (tertiary/aromatic N) is 3. The SMILES string of the molecule is CNC(C)(CSc1nncn1C)C(=O)OC. The van der Waals surface area contributed by atoms with Gasteiger partial charge in [0.15, 0.2) is 5.16 Å². The lowest BCUT2D eigenvalue weighted by Gasteiger charge is -2.25. The van der Waals surface area contributed by atoms with Gasteiger partial charge in [-0.25, -0.2) is 0 Å². The lowest BCUT2D eigenvalue weighted by molar-refractivity contribution is -0.146. The van der Waals surface area contributed by atoms with Crippen molar-refractivity contribution in [2.75, 3.05) is 19.9 Å². The number of nitrogens with one attached hydrogen (secondary N) is 1. The Hall–Kier alpha value is -1.08. The Morgan fingerprint density at radius 2 is 2.44 bits per heavy atom. The minimum Gasteiger partial charge on any atom is -0.468 e. The molecule has 1 heterocycles. The number of methoxy groups -OCH3 is 1. The number of thioether (sulfide) groups is 1. The first-order valence-electron chi connectivity index (χ1n) is 4.77. The highest BCUT2D eigenvalue weighted by Crippen LogP contribution is 2.20. The van der Waals surface area contributed by atoms with Gasteiger partial charge in [-0.2, -0.15) is 0 Å². The molecule has 7 heteroatoms. The molecule has 90 valence electrons. The van der Waals surface area contributed by atoms with Crippen molar-refractivity contribution in [1.29, 1.82) is 0 Å². The van der Waals surface area contributed by atoms with Crippen LogP contribution in [0.5, 0.6) is 0 Å². The van der Waals surface area contributed by atoms with Gasteiger partial charge >= 0.3 is 5.97 Å². The fourth-order valence-corrected chi connectivity index (χ4v) is 2.11. The molecule has 0 saturated carbocycles. The van der Waals surface area contributed by atoms with Gasteiger partial charge in [0.05, 0.1) is 7.11 Å². The highest BCUT2D eigenvalue weighted by Gasteiger charge is 2.33. The number of hydrogen-bond acceptors (Lipinski definition) is 6. The predicted molar refractivity (Wildman–Crippen MR) is 61.2 cm³/mol. The second kappa shape index (κ2) is 5.31. The Balaban J connectivity index is 2.65. The largest absolute Gasteiger partial charge is 0.468 e. The summed E-state index contributed by atoms with van der Waals surface area (Å²) in [6.07, 6.45) is 1.62. The second-order valence-corrected chi connectivity index (χ2v) is 4.53. The van der Waals surface area contributed by atoms with Gasteiger partial charge in [0, 0.05) is 12.8 Å². The van der Waals surface area contributed by atoms with E-state index in [2.05, 4.69) is 15.5 Å². The van der Waals surface area contributed by atoms with Crippen LogP contribution in [0.1, 0.15) is 6.92 Å². The Bertz CT molecular complexity index is 368. The number of carbonyl (C=O) groups is 1. The van der Waals surface area contributed by atoms with E-state index >= 15 is 0 Å². The lowest BCUT2D eigenvalue weighted by atomic mass is 10.1. The summed E-state index contributed by atoms with van der Waals surface area (Å²) in [6, 6.07) is 0. The smallest absolute Gasteiger partial charge is 0.326 e. The van der Waals surface area contributed by atoms with Crippen molar-refractivity contribution in [2.45, 2.75) is 17.6 Å². The molecular formula is C9H16N4O2S. The van der Waals surface area contributed by atoms with E-state index in [9.17, 15) is 4.79 Å². The summed E-state index contributed by atoms with van der Waals surface area (Å²) < 4.78 is 6.55. The number of aromatic nitrogens is 3. The van der Waals surface area contributed by atoms with E-state index in [1.807, 2.05) is 7.05 Å². The number of carbonyl (C=O) groups excluding carboxylic acids is 1. The average molecular weight is 244 g/mol. The molecule has 0 aliphatic heterocycles. The van der Waals surface area contributed by atoms with Crippen LogP contribution in [-0.2, 0) is 16.6 Å². The molecule has 1 aromatic rings. The van der Waals surface area contributed by atoms with E-state index in [1.165, 1.54) is 18.9 Å². The molecule has 0 saturated heterocycles. The fraction of sp³-hybridized carbons (Fsp3) is 0.667. The summed E-state index contributed by atoms with van der Waals surface area (Å²) in [4.78, 5) is 11.6. The highest BCUT2D eigenvalue weighted by molar-refractivity contribution is 7.99. The second-order valence-electron chi connectivity index (χ2n) is 3.59. The summed E-state index contributed by atoms with van der Waals surface area (Å²) in [5.41, 5.74) is -0.717. The molecule has 0 aromatic carbocycles. The zero-order valence-electron chi connectivity index (χ0n) is 9.85. The van der Waals surface area contributed by atoms with Crippen molar-refractivity contribution in [2.24, 2.45) is 7.05 Å². The zero-order chi connectivity index (χ0) is 12.2. The quantitative estimate of drug-likeness (QED) is 0.583. The molecule has 1 unspecified atom stereocenters. The number of hydrogen-bond donors (Lipinski definition) is 1. The molecular weight excluding hydrogens is 228 g/mol. The van der Waals surface area contributed by atoms with Crippen LogP contribution in [0, 0.1) is 0 Å². The molecule has 1 N–H and O–H groups in total. The number of esters is 1. The van der Waals surface area contributed by atoms with Crippen LogP contribution in [-0.4, -0.2) is 46.2 Å². The van der Waals surface area contributed by atoms with Crippen molar-refractivity contribution >= 4 is 17.7 Å². The summed E-state index contributed by atoms with van der Waals surface area (Å²) in [6.45, 7) is 1.79. The standard InChI is InChI=1S/C9H16N4O2S/c1-9(10-2,7(14)15-4)5-16-8-12-11-6-13(8)3/h6,10H,5H2,1-4H3. The van der Waals surface area contributed by atoms with Crippen LogP contribution in [0.15, 0.2) is 11.5 Å². The van der Waals surface area contributed by atoms with E-state index in [-0.39, 0.29) is 5.97 Å². The van der Waals surface area contributed by atoms with Crippen LogP contribution in [0.25, 0.3) is 0 Å². The van der Waals surface area contributed by atoms with E-state index in [4.69, 9.17) is 4.74 Å². The first-order chi connectivity index (χ1) is 7.53. The minimum absolute atomic E-state index is 0.287. The number of ether oxygens (including phenoxy) is 1. The van der Waals surface area contributed by atoms with Gasteiger partial charge in [-0.15, -0.1) is 10.2 Å². The summed E-state index contributed by atoms with van der Waals surface area (Å²) in [7, 11) is 4.97. The molecule has 1 atom stereocenters. The molecule has 0 spiro atoms. The van der Waals surface area contributed by atoms with Gasteiger partial charge in [0.2, 0.25) is 0 Å². The molecule has 6 nitrogen and oxygen atoms in total. The van der Waals surface area contributed by atoms with Crippen molar-refractivity contribution in [3.63, 3.8) is 0 Å². The molecule has 0 bridgehead atoms. The molecule has 1 aromatic heterocycles. The monoisotopic (exact) mass is 244 g/mol. The van der Waals surface area contributed by atoms with Gasteiger partial charge in [-0.1, -0.05) is 11.8 Å². The fourth-order valence-electron chi connectivity index (χ4n) is 1.07. The van der Waals surface area contributed by atoms with Gasteiger partial charge in [-0.05, 0) is 14.0 Å². The van der Waals surface area contributed by atoms with Gasteiger partial charge in [0.25, 0.3) is 0 Å². The van der Waals surface area contributed by atoms with Gasteiger partial charge in [-0.3, -0.25) is 4.79 Å². The lowest BCUT2D eigenvalue weighted by Crippen LogP contribution is -2.50. The van der Waals surface area contributed by atoms with Gasteiger partial charge < -0.3 is 14.6 Å². The topological polar surface area (TPSA) is 69.0 Å². The van der Waals surface area contributed by atoms with Crippen molar-refractivity contribution in [3.8, 4) is 0 Å². The zero-order valence-corrected chi connectivity index (χ0v) is 10.7. The van der Waals surface area contributed by atoms with Crippen LogP contribution >= 0.6 is 11.8 Å². The number of aryl methyl sites for hydroxylation is 1. The molecule has 0 radical (unpaired) electrons. The van der Waals surface area contributed by atoms with E-state index in [0.717, 1.165) is 5.16 Å². The summed E-state index contributed by atoms with van der Waals surface area (Å²) in [5.74, 6) is 0.243. The maximum Gasteiger partial charge on any atom is 0.326 e. The van der Waals surface area contributed by atoms with Crippen molar-refractivity contribution in [3.05, 3.63) is 6.33 Å². The van der Waals surface area contributed by atoms with Crippen LogP contribution < -0.4 is 5.32 Å². The molecule has 16 heavy (non-hydrogen) atoms. The maximum absolute atomic E-state index is 11.6. The third kappa shape index (κ3) is 2.73. The molecule has 0 fully saturated rings. The van der Waals surface area contributed by atoms with Crippen molar-refractivity contribution < 1.29 is 9.53 Å². The normalized spacial score (nSPS) is 14.5. The number of likely N-dealkylation sites (N-methyl/N-ethyl adjacent to an activating group) is 1. The minimum atomic E-state index is -0.717. The number of rotatable bonds is 5. The third-order valence-corrected chi connectivity index (χ3v) is 3.70. The Morgan fingerprint density at radius 3 is 2.88 bits per heavy atom. The first-order valence-corrected chi connectivity index (χ1v) is 5.76. The Kier molecular flexibility index (Phi) is 4.31. The molecule has 0 amide bonds. The molecule has 0 aliphatic rings. The summed E-state index contributed by atoms with van der Waals surface area (Å²) in [5, 5.41) is 11.4. The first kappa shape index (κ1) is 13.0. The maximum atomic E-state index is 11.6. The Labute approximate surface area is 98.8 Å². The van der Waals surface area contributed by atoms with E-state index < -0.39 is 5.54 Å². The van der Waals surface area contributed by atoms with Crippen molar-refractivity contribution in [1.82, 2.24) is 20.1 Å². The van der Waals surface area contributed by atoms with E-state index in [1.54, 1.807) is 24.9 Å². The van der Waals surface area contributed by atoms with E-state index in [0.29, 0.717) is 5.75 Å². The third-order valence-electron chi connectivity index (χ3n) is 2.35. The predicted octanol–water partition coefficient (Wildman–Crippen LogP) is 0.0583. The molecule has 0 aliphatic carbocycles. The van der Waals surface area contributed by atoms with Crippen LogP contribution in [0.4, 0.5) is 0 Å². The average Bonchev–Trinajstić information content (AvgIpc) is 2.70. The van der Waals surface area contributed by atoms with Gasteiger partial charge in [0.1, 0.15) is 11.9 Å². The highest BCUT2D eigenvalue weighted by atomic mass is 32.2. The summed E-state index contributed by atoms with van der Waals surface area (Å²) >= 11 is 1.45. The molecule has 1 rings (SSSR count). The Morgan fingerprint density at radius 1 is 1.75 bits per heavy atom.